The molecule has 1 aliphatic rings. The molecule has 1 saturated heterocycles. The number of ether oxygens (including phenoxy) is 1. The van der Waals surface area contributed by atoms with Gasteiger partial charge in [0.15, 0.2) is 5.78 Å². The van der Waals surface area contributed by atoms with E-state index in [1.54, 1.807) is 0 Å². The molecule has 2 heterocycles. The van der Waals surface area contributed by atoms with Gasteiger partial charge in [0.25, 0.3) is 0 Å². The van der Waals surface area contributed by atoms with Crippen LogP contribution in [-0.2, 0) is 4.74 Å². The fraction of sp³-hybridized carbons (Fsp3) is 0.643. The van der Waals surface area contributed by atoms with Crippen LogP contribution in [0, 0.1) is 0 Å². The summed E-state index contributed by atoms with van der Waals surface area (Å²) >= 11 is 1.48. The van der Waals surface area contributed by atoms with Gasteiger partial charge in [0.05, 0.1) is 4.88 Å². The van der Waals surface area contributed by atoms with Crippen LogP contribution >= 0.6 is 23.7 Å². The number of rotatable bonds is 7. The van der Waals surface area contributed by atoms with Gasteiger partial charge in [-0.05, 0) is 43.7 Å². The number of nitrogens with one attached hydrogen (secondary N) is 1. The average molecular weight is 304 g/mol. The Bertz CT molecular complexity index is 350. The van der Waals surface area contributed by atoms with E-state index in [0.29, 0.717) is 12.6 Å². The minimum atomic E-state index is 0. The molecular formula is C14H22ClNO2S. The largest absolute Gasteiger partial charge is 0.373 e. The van der Waals surface area contributed by atoms with E-state index in [-0.39, 0.29) is 24.8 Å². The zero-order valence-electron chi connectivity index (χ0n) is 11.1. The Morgan fingerprint density at radius 3 is 3.05 bits per heavy atom. The quantitative estimate of drug-likeness (QED) is 0.620. The lowest BCUT2D eigenvalue weighted by atomic mass is 10.0. The zero-order chi connectivity index (χ0) is 12.6. The molecule has 19 heavy (non-hydrogen) atoms. The molecule has 5 heteroatoms. The van der Waals surface area contributed by atoms with E-state index in [0.717, 1.165) is 24.3 Å². The molecule has 1 aromatic rings. The van der Waals surface area contributed by atoms with Gasteiger partial charge in [-0.2, -0.15) is 0 Å². The number of piperidine rings is 1. The second kappa shape index (κ2) is 9.48. The molecule has 1 fully saturated rings. The Kier molecular flexibility index (Phi) is 8.30. The third kappa shape index (κ3) is 6.04. The van der Waals surface area contributed by atoms with E-state index in [9.17, 15) is 4.79 Å². The number of ketones is 1. The first kappa shape index (κ1) is 16.6. The summed E-state index contributed by atoms with van der Waals surface area (Å²) < 4.78 is 5.44. The Labute approximate surface area is 125 Å². The molecular weight excluding hydrogens is 282 g/mol. The number of hydrogen-bond acceptors (Lipinski definition) is 4. The second-order valence-corrected chi connectivity index (χ2v) is 5.69. The van der Waals surface area contributed by atoms with Crippen molar-refractivity contribution in [2.45, 2.75) is 38.1 Å². The first-order valence-corrected chi connectivity index (χ1v) is 7.62. The molecule has 0 amide bonds. The SMILES string of the molecule is Cl.O=C(COCCCC1CCCCN1)c1cccs1. The van der Waals surface area contributed by atoms with Crippen LogP contribution in [0.4, 0.5) is 0 Å². The Hall–Kier alpha value is -0.420. The smallest absolute Gasteiger partial charge is 0.198 e. The van der Waals surface area contributed by atoms with Crippen LogP contribution in [0.2, 0.25) is 0 Å². The van der Waals surface area contributed by atoms with Crippen molar-refractivity contribution in [3.63, 3.8) is 0 Å². The fourth-order valence-corrected chi connectivity index (χ4v) is 2.93. The molecule has 1 unspecified atom stereocenters. The minimum Gasteiger partial charge on any atom is -0.373 e. The van der Waals surface area contributed by atoms with Gasteiger partial charge in [0.2, 0.25) is 0 Å². The van der Waals surface area contributed by atoms with E-state index < -0.39 is 0 Å². The van der Waals surface area contributed by atoms with Gasteiger partial charge in [0.1, 0.15) is 6.61 Å². The van der Waals surface area contributed by atoms with Gasteiger partial charge in [-0.1, -0.05) is 12.5 Å². The minimum absolute atomic E-state index is 0. The van der Waals surface area contributed by atoms with Crippen LogP contribution in [0.5, 0.6) is 0 Å². The second-order valence-electron chi connectivity index (χ2n) is 4.74. The molecule has 0 radical (unpaired) electrons. The Morgan fingerprint density at radius 1 is 1.47 bits per heavy atom. The first-order valence-electron chi connectivity index (χ1n) is 6.74. The van der Waals surface area contributed by atoms with Crippen LogP contribution in [0.3, 0.4) is 0 Å². The monoisotopic (exact) mass is 303 g/mol. The maximum Gasteiger partial charge on any atom is 0.198 e. The summed E-state index contributed by atoms with van der Waals surface area (Å²) in [6, 6.07) is 4.41. The molecule has 0 bridgehead atoms. The van der Waals surface area contributed by atoms with Gasteiger partial charge in [0, 0.05) is 12.6 Å². The van der Waals surface area contributed by atoms with Crippen LogP contribution in [0.1, 0.15) is 41.8 Å². The van der Waals surface area contributed by atoms with Crippen LogP contribution in [-0.4, -0.2) is 31.6 Å². The van der Waals surface area contributed by atoms with Gasteiger partial charge in [-0.15, -0.1) is 23.7 Å². The molecule has 1 N–H and O–H groups in total. The topological polar surface area (TPSA) is 38.3 Å². The van der Waals surface area contributed by atoms with Gasteiger partial charge in [-0.3, -0.25) is 4.79 Å². The molecule has 0 aliphatic carbocycles. The molecule has 1 aliphatic heterocycles. The number of hydrogen-bond donors (Lipinski definition) is 1. The van der Waals surface area contributed by atoms with Crippen molar-refractivity contribution in [3.05, 3.63) is 22.4 Å². The van der Waals surface area contributed by atoms with E-state index in [2.05, 4.69) is 5.32 Å². The summed E-state index contributed by atoms with van der Waals surface area (Å²) in [5.41, 5.74) is 0. The Balaban J connectivity index is 0.00000180. The lowest BCUT2D eigenvalue weighted by Gasteiger charge is -2.23. The predicted molar refractivity (Wildman–Crippen MR) is 81.6 cm³/mol. The lowest BCUT2D eigenvalue weighted by molar-refractivity contribution is 0.0752. The van der Waals surface area contributed by atoms with E-state index in [4.69, 9.17) is 4.74 Å². The predicted octanol–water partition coefficient (Wildman–Crippen LogP) is 3.29. The highest BCUT2D eigenvalue weighted by Gasteiger charge is 2.12. The maximum absolute atomic E-state index is 11.6. The molecule has 0 spiro atoms. The standard InChI is InChI=1S/C14H21NO2S.ClH/c16-13(14-7-4-10-18-14)11-17-9-3-6-12-5-1-2-8-15-12;/h4,7,10,12,15H,1-3,5-6,8-9,11H2;1H. The Morgan fingerprint density at radius 2 is 2.37 bits per heavy atom. The zero-order valence-corrected chi connectivity index (χ0v) is 12.7. The average Bonchev–Trinajstić information content (AvgIpc) is 2.93. The van der Waals surface area contributed by atoms with Crippen LogP contribution in [0.15, 0.2) is 17.5 Å². The van der Waals surface area contributed by atoms with E-state index in [1.165, 1.54) is 30.6 Å². The molecule has 108 valence electrons. The van der Waals surface area contributed by atoms with Crippen molar-refractivity contribution in [2.24, 2.45) is 0 Å². The summed E-state index contributed by atoms with van der Waals surface area (Å²) in [5, 5.41) is 5.44. The molecule has 0 saturated carbocycles. The van der Waals surface area contributed by atoms with E-state index in [1.807, 2.05) is 17.5 Å². The van der Waals surface area contributed by atoms with Crippen molar-refractivity contribution < 1.29 is 9.53 Å². The van der Waals surface area contributed by atoms with Crippen molar-refractivity contribution in [3.8, 4) is 0 Å². The third-order valence-corrected chi connectivity index (χ3v) is 4.19. The van der Waals surface area contributed by atoms with E-state index >= 15 is 0 Å². The van der Waals surface area contributed by atoms with Crippen molar-refractivity contribution in [1.29, 1.82) is 0 Å². The number of Topliss-reactive ketones (excluding diaryl/α,β-unsaturated/α-hetero) is 1. The van der Waals surface area contributed by atoms with Gasteiger partial charge >= 0.3 is 0 Å². The van der Waals surface area contributed by atoms with Crippen molar-refractivity contribution in [2.75, 3.05) is 19.8 Å². The highest BCUT2D eigenvalue weighted by atomic mass is 35.5. The fourth-order valence-electron chi connectivity index (χ4n) is 2.28. The lowest BCUT2D eigenvalue weighted by Crippen LogP contribution is -2.34. The van der Waals surface area contributed by atoms with Crippen molar-refractivity contribution >= 4 is 29.5 Å². The molecule has 1 atom stereocenters. The summed E-state index contributed by atoms with van der Waals surface area (Å²) in [7, 11) is 0. The van der Waals surface area contributed by atoms with Gasteiger partial charge < -0.3 is 10.1 Å². The highest BCUT2D eigenvalue weighted by molar-refractivity contribution is 7.12. The summed E-state index contributed by atoms with van der Waals surface area (Å²) in [4.78, 5) is 12.4. The van der Waals surface area contributed by atoms with Crippen molar-refractivity contribution in [1.82, 2.24) is 5.32 Å². The summed E-state index contributed by atoms with van der Waals surface area (Å²) in [6.07, 6.45) is 6.13. The summed E-state index contributed by atoms with van der Waals surface area (Å²) in [5.74, 6) is 0.0980. The number of halogens is 1. The molecule has 2 rings (SSSR count). The maximum atomic E-state index is 11.6. The molecule has 0 aromatic carbocycles. The first-order chi connectivity index (χ1) is 8.86. The molecule has 3 nitrogen and oxygen atoms in total. The third-order valence-electron chi connectivity index (χ3n) is 3.28. The van der Waals surface area contributed by atoms with Crippen LogP contribution < -0.4 is 5.32 Å². The summed E-state index contributed by atoms with van der Waals surface area (Å²) in [6.45, 7) is 2.07. The normalized spacial score (nSPS) is 18.8. The number of thiophene rings is 1. The highest BCUT2D eigenvalue weighted by Crippen LogP contribution is 2.12. The molecule has 1 aromatic heterocycles. The van der Waals surface area contributed by atoms with Crippen LogP contribution in [0.25, 0.3) is 0 Å². The van der Waals surface area contributed by atoms with Gasteiger partial charge in [-0.25, -0.2) is 0 Å². The number of carbonyl (C=O) groups is 1. The number of carbonyl (C=O) groups excluding carboxylic acids is 1.